The summed E-state index contributed by atoms with van der Waals surface area (Å²) in [4.78, 5) is 7.36. The van der Waals surface area contributed by atoms with Crippen LogP contribution in [0.25, 0.3) is 11.3 Å². The maximum Gasteiger partial charge on any atom is 0.107 e. The lowest BCUT2D eigenvalue weighted by Crippen LogP contribution is -2.42. The molecule has 3 nitrogen and oxygen atoms in total. The highest BCUT2D eigenvalue weighted by atomic mass is 32.1. The van der Waals surface area contributed by atoms with Gasteiger partial charge in [-0.1, -0.05) is 17.7 Å². The fourth-order valence-corrected chi connectivity index (χ4v) is 3.97. The lowest BCUT2D eigenvalue weighted by atomic mass is 9.98. The van der Waals surface area contributed by atoms with Crippen LogP contribution in [0, 0.1) is 20.8 Å². The van der Waals surface area contributed by atoms with E-state index in [9.17, 15) is 0 Å². The molecule has 1 aromatic carbocycles. The van der Waals surface area contributed by atoms with Gasteiger partial charge < -0.3 is 5.32 Å². The van der Waals surface area contributed by atoms with Gasteiger partial charge in [0.25, 0.3) is 0 Å². The molecule has 0 unspecified atom stereocenters. The van der Waals surface area contributed by atoms with Gasteiger partial charge in [-0.2, -0.15) is 0 Å². The molecule has 1 aliphatic heterocycles. The number of nitrogens with one attached hydrogen (secondary N) is 1. The fraction of sp³-hybridized carbons (Fsp3) is 0.471. The highest BCUT2D eigenvalue weighted by Crippen LogP contribution is 2.29. The Kier molecular flexibility index (Phi) is 4.38. The van der Waals surface area contributed by atoms with Crippen molar-refractivity contribution in [1.82, 2.24) is 15.2 Å². The predicted octanol–water partition coefficient (Wildman–Crippen LogP) is 3.14. The number of benzene rings is 1. The molecule has 1 aliphatic rings. The van der Waals surface area contributed by atoms with Crippen molar-refractivity contribution < 1.29 is 0 Å². The lowest BCUT2D eigenvalue weighted by molar-refractivity contribution is 0.233. The number of rotatable bonds is 3. The molecule has 4 heteroatoms. The first-order valence-electron chi connectivity index (χ1n) is 7.59. The molecular formula is C17H23N3S. The lowest BCUT2D eigenvalue weighted by Gasteiger charge is -2.26. The molecular weight excluding hydrogens is 278 g/mol. The molecule has 0 amide bonds. The average molecular weight is 301 g/mol. The molecule has 2 aromatic rings. The van der Waals surface area contributed by atoms with Crippen LogP contribution in [-0.4, -0.2) is 36.1 Å². The van der Waals surface area contributed by atoms with Crippen LogP contribution in [0.15, 0.2) is 17.5 Å². The number of aryl methyl sites for hydroxylation is 3. The maximum absolute atomic E-state index is 4.88. The second kappa shape index (κ2) is 6.26. The van der Waals surface area contributed by atoms with Gasteiger partial charge in [-0.15, -0.1) is 11.3 Å². The summed E-state index contributed by atoms with van der Waals surface area (Å²) >= 11 is 1.79. The van der Waals surface area contributed by atoms with E-state index in [1.54, 1.807) is 11.3 Å². The monoisotopic (exact) mass is 301 g/mol. The molecule has 0 spiro atoms. The Morgan fingerprint density at radius 3 is 2.48 bits per heavy atom. The van der Waals surface area contributed by atoms with Crippen LogP contribution >= 0.6 is 11.3 Å². The van der Waals surface area contributed by atoms with Crippen LogP contribution in [0.1, 0.15) is 21.7 Å². The summed E-state index contributed by atoms with van der Waals surface area (Å²) in [7, 11) is 0. The standard InChI is InChI=1S/C17H23N3S/c1-12-8-13(2)17(14(3)9-12)15-11-21-16(19-15)10-20-6-4-18-5-7-20/h8-9,11,18H,4-7,10H2,1-3H3. The van der Waals surface area contributed by atoms with Crippen LogP contribution in [0.5, 0.6) is 0 Å². The molecule has 21 heavy (non-hydrogen) atoms. The third-order valence-corrected chi connectivity index (χ3v) is 4.89. The summed E-state index contributed by atoms with van der Waals surface area (Å²) < 4.78 is 0. The van der Waals surface area contributed by atoms with E-state index in [1.165, 1.54) is 27.3 Å². The summed E-state index contributed by atoms with van der Waals surface area (Å²) in [5.74, 6) is 0. The SMILES string of the molecule is Cc1cc(C)c(-c2csc(CN3CCNCC3)n2)c(C)c1. The van der Waals surface area contributed by atoms with Crippen LogP contribution in [0.2, 0.25) is 0 Å². The normalized spacial score (nSPS) is 16.3. The molecule has 0 radical (unpaired) electrons. The van der Waals surface area contributed by atoms with Gasteiger partial charge in [0, 0.05) is 37.1 Å². The van der Waals surface area contributed by atoms with Crippen molar-refractivity contribution in [2.24, 2.45) is 0 Å². The first-order valence-corrected chi connectivity index (χ1v) is 8.47. The van der Waals surface area contributed by atoms with Gasteiger partial charge in [-0.3, -0.25) is 4.90 Å². The largest absolute Gasteiger partial charge is 0.314 e. The van der Waals surface area contributed by atoms with E-state index in [1.807, 2.05) is 0 Å². The highest BCUT2D eigenvalue weighted by molar-refractivity contribution is 7.09. The zero-order valence-electron chi connectivity index (χ0n) is 13.1. The van der Waals surface area contributed by atoms with Crippen molar-refractivity contribution in [3.8, 4) is 11.3 Å². The predicted molar refractivity (Wildman–Crippen MR) is 89.9 cm³/mol. The minimum absolute atomic E-state index is 0.982. The van der Waals surface area contributed by atoms with E-state index in [4.69, 9.17) is 4.98 Å². The van der Waals surface area contributed by atoms with Crippen molar-refractivity contribution in [1.29, 1.82) is 0 Å². The van der Waals surface area contributed by atoms with Crippen molar-refractivity contribution in [3.63, 3.8) is 0 Å². The third kappa shape index (κ3) is 3.34. The van der Waals surface area contributed by atoms with Crippen LogP contribution < -0.4 is 5.32 Å². The Morgan fingerprint density at radius 1 is 1.14 bits per heavy atom. The number of aromatic nitrogens is 1. The van der Waals surface area contributed by atoms with E-state index < -0.39 is 0 Å². The Bertz CT molecular complexity index is 604. The molecule has 1 N–H and O–H groups in total. The van der Waals surface area contributed by atoms with E-state index in [0.717, 1.165) is 38.4 Å². The highest BCUT2D eigenvalue weighted by Gasteiger charge is 2.14. The quantitative estimate of drug-likeness (QED) is 0.944. The van der Waals surface area contributed by atoms with Gasteiger partial charge in [-0.05, 0) is 31.9 Å². The van der Waals surface area contributed by atoms with Crippen molar-refractivity contribution in [2.45, 2.75) is 27.3 Å². The Hall–Kier alpha value is -1.23. The molecule has 0 aliphatic carbocycles. The van der Waals surface area contributed by atoms with Crippen molar-refractivity contribution in [2.75, 3.05) is 26.2 Å². The summed E-state index contributed by atoms with van der Waals surface area (Å²) in [6.45, 7) is 11.9. The Morgan fingerprint density at radius 2 is 1.81 bits per heavy atom. The molecule has 3 rings (SSSR count). The molecule has 0 bridgehead atoms. The van der Waals surface area contributed by atoms with E-state index in [-0.39, 0.29) is 0 Å². The zero-order valence-corrected chi connectivity index (χ0v) is 13.9. The first kappa shape index (κ1) is 14.7. The minimum Gasteiger partial charge on any atom is -0.314 e. The van der Waals surface area contributed by atoms with Crippen LogP contribution in [-0.2, 0) is 6.54 Å². The smallest absolute Gasteiger partial charge is 0.107 e. The fourth-order valence-electron chi connectivity index (χ4n) is 3.14. The van der Waals surface area contributed by atoms with Gasteiger partial charge >= 0.3 is 0 Å². The van der Waals surface area contributed by atoms with E-state index >= 15 is 0 Å². The second-order valence-electron chi connectivity index (χ2n) is 5.93. The number of thiazole rings is 1. The average Bonchev–Trinajstić information content (AvgIpc) is 2.87. The summed E-state index contributed by atoms with van der Waals surface area (Å²) in [5, 5.41) is 6.83. The summed E-state index contributed by atoms with van der Waals surface area (Å²) in [6, 6.07) is 4.50. The Balaban J connectivity index is 1.81. The van der Waals surface area contributed by atoms with Gasteiger partial charge in [0.15, 0.2) is 0 Å². The van der Waals surface area contributed by atoms with Crippen LogP contribution in [0.3, 0.4) is 0 Å². The molecule has 112 valence electrons. The summed E-state index contributed by atoms with van der Waals surface area (Å²) in [5.41, 5.74) is 6.42. The van der Waals surface area contributed by atoms with Crippen molar-refractivity contribution >= 4 is 11.3 Å². The number of hydrogen-bond acceptors (Lipinski definition) is 4. The number of hydrogen-bond donors (Lipinski definition) is 1. The molecule has 1 fully saturated rings. The minimum atomic E-state index is 0.982. The molecule has 1 aromatic heterocycles. The van der Waals surface area contributed by atoms with Gasteiger partial charge in [-0.25, -0.2) is 4.98 Å². The van der Waals surface area contributed by atoms with E-state index in [2.05, 4.69) is 48.5 Å². The number of piperazine rings is 1. The first-order chi connectivity index (χ1) is 10.1. The summed E-state index contributed by atoms with van der Waals surface area (Å²) in [6.07, 6.45) is 0. The van der Waals surface area contributed by atoms with Gasteiger partial charge in [0.05, 0.1) is 12.2 Å². The second-order valence-corrected chi connectivity index (χ2v) is 6.87. The topological polar surface area (TPSA) is 28.2 Å². The van der Waals surface area contributed by atoms with Gasteiger partial charge in [0.2, 0.25) is 0 Å². The van der Waals surface area contributed by atoms with Crippen molar-refractivity contribution in [3.05, 3.63) is 39.2 Å². The molecule has 0 atom stereocenters. The number of nitrogens with zero attached hydrogens (tertiary/aromatic N) is 2. The van der Waals surface area contributed by atoms with E-state index in [0.29, 0.717) is 0 Å². The third-order valence-electron chi connectivity index (χ3n) is 4.05. The van der Waals surface area contributed by atoms with Gasteiger partial charge in [0.1, 0.15) is 5.01 Å². The maximum atomic E-state index is 4.88. The van der Waals surface area contributed by atoms with Crippen LogP contribution in [0.4, 0.5) is 0 Å². The zero-order chi connectivity index (χ0) is 14.8. The molecule has 2 heterocycles. The Labute approximate surface area is 131 Å². The molecule has 0 saturated carbocycles. The molecule has 1 saturated heterocycles.